The van der Waals surface area contributed by atoms with Gasteiger partial charge in [0.1, 0.15) is 5.56 Å². The molecule has 0 radical (unpaired) electrons. The van der Waals surface area contributed by atoms with Gasteiger partial charge in [0.05, 0.1) is 14.2 Å². The molecule has 6 nitrogen and oxygen atoms in total. The first kappa shape index (κ1) is 18.0. The van der Waals surface area contributed by atoms with E-state index in [1.54, 1.807) is 18.2 Å². The summed E-state index contributed by atoms with van der Waals surface area (Å²) in [7, 11) is 2.94. The topological polar surface area (TPSA) is 66.8 Å². The van der Waals surface area contributed by atoms with Crippen molar-refractivity contribution in [3.63, 3.8) is 0 Å². The number of rotatable bonds is 7. The van der Waals surface area contributed by atoms with Crippen LogP contribution in [0.1, 0.15) is 51.0 Å². The molecule has 0 bridgehead atoms. The zero-order valence-corrected chi connectivity index (χ0v) is 15.5. The van der Waals surface area contributed by atoms with Gasteiger partial charge in [-0.2, -0.15) is 0 Å². The number of esters is 1. The highest BCUT2D eigenvalue weighted by atomic mass is 16.5. The summed E-state index contributed by atoms with van der Waals surface area (Å²) in [6.07, 6.45) is 2.29. The maximum atomic E-state index is 12.5. The van der Waals surface area contributed by atoms with Crippen molar-refractivity contribution in [1.29, 1.82) is 0 Å². The normalized spacial score (nSPS) is 13.4. The third-order valence-electron chi connectivity index (χ3n) is 4.65. The van der Waals surface area contributed by atoms with E-state index in [4.69, 9.17) is 14.2 Å². The van der Waals surface area contributed by atoms with E-state index in [2.05, 4.69) is 4.57 Å². The van der Waals surface area contributed by atoms with Gasteiger partial charge in [-0.05, 0) is 44.9 Å². The van der Waals surface area contributed by atoms with E-state index in [1.165, 1.54) is 14.2 Å². The molecule has 1 aliphatic carbocycles. The van der Waals surface area contributed by atoms with Crippen LogP contribution in [0.3, 0.4) is 0 Å². The molecular weight excluding hydrogens is 334 g/mol. The molecule has 2 aromatic rings. The molecule has 1 aliphatic rings. The molecule has 0 saturated heterocycles. The zero-order chi connectivity index (χ0) is 18.8. The Labute approximate surface area is 152 Å². The summed E-state index contributed by atoms with van der Waals surface area (Å²) in [6.45, 7) is 3.62. The maximum Gasteiger partial charge on any atom is 0.342 e. The SMILES string of the molecule is COc1cccc(C(=O)OCC(=O)c2cc(C)n(C3CC3)c2C)c1OC. The number of methoxy groups -OCH3 is 2. The number of para-hydroxylation sites is 1. The van der Waals surface area contributed by atoms with Crippen molar-refractivity contribution in [2.24, 2.45) is 0 Å². The molecule has 1 saturated carbocycles. The molecule has 0 unspecified atom stereocenters. The first-order valence-electron chi connectivity index (χ1n) is 8.57. The molecule has 0 aliphatic heterocycles. The number of benzene rings is 1. The van der Waals surface area contributed by atoms with Crippen LogP contribution in [0.4, 0.5) is 0 Å². The van der Waals surface area contributed by atoms with Crippen LogP contribution in [0, 0.1) is 13.8 Å². The van der Waals surface area contributed by atoms with Crippen LogP contribution in [0.5, 0.6) is 11.5 Å². The van der Waals surface area contributed by atoms with Crippen LogP contribution in [0.25, 0.3) is 0 Å². The number of ether oxygens (including phenoxy) is 3. The van der Waals surface area contributed by atoms with Gasteiger partial charge in [-0.1, -0.05) is 6.07 Å². The predicted molar refractivity (Wildman–Crippen MR) is 96.3 cm³/mol. The van der Waals surface area contributed by atoms with E-state index in [0.717, 1.165) is 24.2 Å². The lowest BCUT2D eigenvalue weighted by molar-refractivity contribution is 0.0471. The summed E-state index contributed by atoms with van der Waals surface area (Å²) >= 11 is 0. The molecule has 0 spiro atoms. The molecule has 1 fully saturated rings. The Bertz CT molecular complexity index is 848. The van der Waals surface area contributed by atoms with Crippen molar-refractivity contribution >= 4 is 11.8 Å². The van der Waals surface area contributed by atoms with Crippen LogP contribution in [-0.4, -0.2) is 37.1 Å². The highest BCUT2D eigenvalue weighted by molar-refractivity contribution is 6.01. The summed E-state index contributed by atoms with van der Waals surface area (Å²) in [5.74, 6) is -0.106. The van der Waals surface area contributed by atoms with Gasteiger partial charge in [-0.15, -0.1) is 0 Å². The van der Waals surface area contributed by atoms with Gasteiger partial charge >= 0.3 is 5.97 Å². The van der Waals surface area contributed by atoms with E-state index in [0.29, 0.717) is 23.1 Å². The maximum absolute atomic E-state index is 12.5. The molecule has 0 amide bonds. The van der Waals surface area contributed by atoms with E-state index >= 15 is 0 Å². The van der Waals surface area contributed by atoms with Gasteiger partial charge in [0, 0.05) is 23.0 Å². The highest BCUT2D eigenvalue weighted by Crippen LogP contribution is 2.38. The quantitative estimate of drug-likeness (QED) is 0.560. The molecule has 6 heteroatoms. The van der Waals surface area contributed by atoms with Gasteiger partial charge in [-0.3, -0.25) is 4.79 Å². The van der Waals surface area contributed by atoms with Crippen molar-refractivity contribution in [1.82, 2.24) is 4.57 Å². The number of Topliss-reactive ketones (excluding diaryl/α,β-unsaturated/α-hetero) is 1. The summed E-state index contributed by atoms with van der Waals surface area (Å²) in [6, 6.07) is 7.31. The second kappa shape index (κ2) is 7.23. The van der Waals surface area contributed by atoms with Crippen LogP contribution >= 0.6 is 0 Å². The van der Waals surface area contributed by atoms with Crippen LogP contribution in [0.2, 0.25) is 0 Å². The number of aromatic nitrogens is 1. The zero-order valence-electron chi connectivity index (χ0n) is 15.5. The second-order valence-corrected chi connectivity index (χ2v) is 6.43. The molecule has 26 heavy (non-hydrogen) atoms. The summed E-state index contributed by atoms with van der Waals surface area (Å²) in [5.41, 5.74) is 2.84. The Morgan fingerprint density at radius 1 is 1.12 bits per heavy atom. The smallest absolute Gasteiger partial charge is 0.342 e. The Hall–Kier alpha value is -2.76. The molecule has 1 heterocycles. The Kier molecular flexibility index (Phi) is 5.02. The van der Waals surface area contributed by atoms with Gasteiger partial charge < -0.3 is 18.8 Å². The molecule has 1 aromatic heterocycles. The average molecular weight is 357 g/mol. The van der Waals surface area contributed by atoms with Crippen molar-refractivity contribution in [2.45, 2.75) is 32.7 Å². The van der Waals surface area contributed by atoms with Crippen LogP contribution < -0.4 is 9.47 Å². The number of nitrogens with zero attached hydrogens (tertiary/aromatic N) is 1. The lowest BCUT2D eigenvalue weighted by atomic mass is 10.1. The van der Waals surface area contributed by atoms with Crippen molar-refractivity contribution in [3.8, 4) is 11.5 Å². The second-order valence-electron chi connectivity index (χ2n) is 6.43. The lowest BCUT2D eigenvalue weighted by Crippen LogP contribution is -2.16. The van der Waals surface area contributed by atoms with Crippen molar-refractivity contribution in [2.75, 3.05) is 20.8 Å². The largest absolute Gasteiger partial charge is 0.493 e. The van der Waals surface area contributed by atoms with Gasteiger partial charge in [0.25, 0.3) is 0 Å². The minimum atomic E-state index is -0.620. The van der Waals surface area contributed by atoms with Crippen molar-refractivity contribution < 1.29 is 23.8 Å². The minimum Gasteiger partial charge on any atom is -0.493 e. The average Bonchev–Trinajstić information content (AvgIpc) is 3.43. The fourth-order valence-electron chi connectivity index (χ4n) is 3.29. The van der Waals surface area contributed by atoms with Gasteiger partial charge in [0.15, 0.2) is 18.1 Å². The first-order chi connectivity index (χ1) is 12.5. The molecule has 1 aromatic carbocycles. The van der Waals surface area contributed by atoms with Gasteiger partial charge in [-0.25, -0.2) is 4.79 Å². The monoisotopic (exact) mass is 357 g/mol. The summed E-state index contributed by atoms with van der Waals surface area (Å²) in [5, 5.41) is 0. The van der Waals surface area contributed by atoms with E-state index in [1.807, 2.05) is 19.9 Å². The summed E-state index contributed by atoms with van der Waals surface area (Å²) in [4.78, 5) is 24.9. The van der Waals surface area contributed by atoms with Gasteiger partial charge in [0.2, 0.25) is 5.78 Å². The van der Waals surface area contributed by atoms with E-state index in [-0.39, 0.29) is 18.0 Å². The molecule has 3 rings (SSSR count). The minimum absolute atomic E-state index is 0.208. The van der Waals surface area contributed by atoms with E-state index in [9.17, 15) is 9.59 Å². The number of carbonyl (C=O) groups excluding carboxylic acids is 2. The fourth-order valence-corrected chi connectivity index (χ4v) is 3.29. The molecular formula is C20H23NO5. The number of carbonyl (C=O) groups is 2. The third kappa shape index (κ3) is 3.31. The fraction of sp³-hybridized carbons (Fsp3) is 0.400. The lowest BCUT2D eigenvalue weighted by Gasteiger charge is -2.12. The molecule has 0 atom stereocenters. The number of hydrogen-bond acceptors (Lipinski definition) is 5. The first-order valence-corrected chi connectivity index (χ1v) is 8.57. The summed E-state index contributed by atoms with van der Waals surface area (Å²) < 4.78 is 17.8. The predicted octanol–water partition coefficient (Wildman–Crippen LogP) is 3.50. The van der Waals surface area contributed by atoms with E-state index < -0.39 is 5.97 Å². The third-order valence-corrected chi connectivity index (χ3v) is 4.65. The number of hydrogen-bond donors (Lipinski definition) is 0. The Morgan fingerprint density at radius 3 is 2.46 bits per heavy atom. The van der Waals surface area contributed by atoms with Crippen LogP contribution in [0.15, 0.2) is 24.3 Å². The standard InChI is InChI=1S/C20H23NO5/c1-12-10-16(13(2)21(12)14-8-9-14)17(22)11-26-20(23)15-6-5-7-18(24-3)19(15)25-4/h5-7,10,14H,8-9,11H2,1-4H3. The molecule has 0 N–H and O–H groups in total. The van der Waals surface area contributed by atoms with Crippen molar-refractivity contribution in [3.05, 3.63) is 46.8 Å². The molecule has 138 valence electrons. The number of ketones is 1. The Morgan fingerprint density at radius 2 is 1.85 bits per heavy atom. The highest BCUT2D eigenvalue weighted by Gasteiger charge is 2.28. The Balaban J connectivity index is 1.72. The number of aryl methyl sites for hydroxylation is 1. The van der Waals surface area contributed by atoms with Crippen LogP contribution in [-0.2, 0) is 4.74 Å².